The van der Waals surface area contributed by atoms with Crippen LogP contribution >= 0.6 is 0 Å². The van der Waals surface area contributed by atoms with Crippen molar-refractivity contribution in [3.8, 4) is 17.2 Å². The third-order valence-corrected chi connectivity index (χ3v) is 4.77. The van der Waals surface area contributed by atoms with Gasteiger partial charge in [-0.3, -0.25) is 4.79 Å². The molecule has 0 saturated heterocycles. The van der Waals surface area contributed by atoms with Gasteiger partial charge in [-0.15, -0.1) is 0 Å². The van der Waals surface area contributed by atoms with Gasteiger partial charge in [-0.1, -0.05) is 60.7 Å². The molecule has 1 unspecified atom stereocenters. The van der Waals surface area contributed by atoms with Gasteiger partial charge in [-0.05, 0) is 12.1 Å². The first kappa shape index (κ1) is 22.6. The normalized spacial score (nSPS) is 11.6. The highest BCUT2D eigenvalue weighted by atomic mass is 16.5. The number of hydrogen-bond acceptors (Lipinski definition) is 6. The second-order valence-electron chi connectivity index (χ2n) is 6.74. The van der Waals surface area contributed by atoms with Gasteiger partial charge in [-0.2, -0.15) is 0 Å². The Labute approximate surface area is 187 Å². The van der Waals surface area contributed by atoms with Gasteiger partial charge in [0.25, 0.3) is 0 Å². The number of carbonyl (C=O) groups is 2. The quantitative estimate of drug-likeness (QED) is 0.272. The van der Waals surface area contributed by atoms with Gasteiger partial charge in [0.2, 0.25) is 5.78 Å². The summed E-state index contributed by atoms with van der Waals surface area (Å²) in [6.45, 7) is 0. The standard InChI is InChI=1S/C26H24O6/c1-29-21-17-23(31-3)22(30-2)16-20(21)14-15-24(27)32-26(19-12-8-5-9-13-19)25(28)18-10-6-4-7-11-18/h4-17,26H,1-3H3/b15-14+. The lowest BCUT2D eigenvalue weighted by Gasteiger charge is -2.16. The Kier molecular flexibility index (Phi) is 7.65. The molecule has 6 nitrogen and oxygen atoms in total. The van der Waals surface area contributed by atoms with Crippen molar-refractivity contribution in [2.45, 2.75) is 6.10 Å². The van der Waals surface area contributed by atoms with Crippen LogP contribution in [-0.2, 0) is 9.53 Å². The SMILES string of the molecule is COc1cc(OC)c(OC)cc1/C=C/C(=O)OC(C(=O)c1ccccc1)c1ccccc1. The van der Waals surface area contributed by atoms with E-state index in [4.69, 9.17) is 18.9 Å². The molecule has 32 heavy (non-hydrogen) atoms. The number of ether oxygens (including phenoxy) is 4. The van der Waals surface area contributed by atoms with E-state index in [2.05, 4.69) is 0 Å². The van der Waals surface area contributed by atoms with E-state index in [0.717, 1.165) is 0 Å². The molecule has 3 aromatic carbocycles. The molecule has 0 aliphatic carbocycles. The Morgan fingerprint density at radius 3 is 1.91 bits per heavy atom. The van der Waals surface area contributed by atoms with Crippen molar-refractivity contribution in [3.63, 3.8) is 0 Å². The highest BCUT2D eigenvalue weighted by Gasteiger charge is 2.25. The molecule has 164 valence electrons. The van der Waals surface area contributed by atoms with Crippen LogP contribution in [0.2, 0.25) is 0 Å². The lowest BCUT2D eigenvalue weighted by molar-refractivity contribution is -0.141. The van der Waals surface area contributed by atoms with Crippen LogP contribution in [0.25, 0.3) is 6.08 Å². The molecule has 0 radical (unpaired) electrons. The molecule has 0 fully saturated rings. The maximum atomic E-state index is 13.1. The van der Waals surface area contributed by atoms with Gasteiger partial charge < -0.3 is 18.9 Å². The second kappa shape index (κ2) is 10.8. The summed E-state index contributed by atoms with van der Waals surface area (Å²) < 4.78 is 21.5. The third-order valence-electron chi connectivity index (χ3n) is 4.77. The molecule has 0 spiro atoms. The fraction of sp³-hybridized carbons (Fsp3) is 0.154. The summed E-state index contributed by atoms with van der Waals surface area (Å²) in [7, 11) is 4.56. The maximum absolute atomic E-state index is 13.1. The van der Waals surface area contributed by atoms with Crippen LogP contribution in [0.15, 0.2) is 78.9 Å². The van der Waals surface area contributed by atoms with Gasteiger partial charge in [0, 0.05) is 28.8 Å². The minimum atomic E-state index is -1.07. The number of methoxy groups -OCH3 is 3. The van der Waals surface area contributed by atoms with Crippen molar-refractivity contribution in [2.24, 2.45) is 0 Å². The molecule has 0 amide bonds. The van der Waals surface area contributed by atoms with E-state index in [-0.39, 0.29) is 5.78 Å². The minimum absolute atomic E-state index is 0.303. The summed E-state index contributed by atoms with van der Waals surface area (Å²) >= 11 is 0. The highest BCUT2D eigenvalue weighted by molar-refractivity contribution is 6.01. The van der Waals surface area contributed by atoms with Crippen molar-refractivity contribution in [2.75, 3.05) is 21.3 Å². The monoisotopic (exact) mass is 432 g/mol. The van der Waals surface area contributed by atoms with Crippen molar-refractivity contribution in [1.82, 2.24) is 0 Å². The Morgan fingerprint density at radius 2 is 1.31 bits per heavy atom. The smallest absolute Gasteiger partial charge is 0.331 e. The Balaban J connectivity index is 1.86. The summed E-state index contributed by atoms with van der Waals surface area (Å²) in [6, 6.07) is 21.0. The average molecular weight is 432 g/mol. The zero-order chi connectivity index (χ0) is 22.9. The molecule has 3 aromatic rings. The van der Waals surface area contributed by atoms with Gasteiger partial charge in [-0.25, -0.2) is 4.79 Å². The largest absolute Gasteiger partial charge is 0.496 e. The summed E-state index contributed by atoms with van der Waals surface area (Å²) in [5, 5.41) is 0. The van der Waals surface area contributed by atoms with Crippen LogP contribution in [0.5, 0.6) is 17.2 Å². The number of Topliss-reactive ketones (excluding diaryl/α,β-unsaturated/α-hetero) is 1. The molecule has 0 saturated carbocycles. The number of esters is 1. The van der Waals surface area contributed by atoms with Gasteiger partial charge in [0.15, 0.2) is 17.6 Å². The fourth-order valence-electron chi connectivity index (χ4n) is 3.15. The van der Waals surface area contributed by atoms with Gasteiger partial charge in [0.1, 0.15) is 5.75 Å². The number of carbonyl (C=O) groups excluding carboxylic acids is 2. The van der Waals surface area contributed by atoms with E-state index in [9.17, 15) is 9.59 Å². The highest BCUT2D eigenvalue weighted by Crippen LogP contribution is 2.35. The van der Waals surface area contributed by atoms with Gasteiger partial charge in [0.05, 0.1) is 21.3 Å². The predicted molar refractivity (Wildman–Crippen MR) is 121 cm³/mol. The summed E-state index contributed by atoms with van der Waals surface area (Å²) in [4.78, 5) is 25.7. The first-order valence-corrected chi connectivity index (χ1v) is 9.90. The van der Waals surface area contributed by atoms with E-state index in [0.29, 0.717) is 33.9 Å². The summed E-state index contributed by atoms with van der Waals surface area (Å²) in [5.41, 5.74) is 1.64. The maximum Gasteiger partial charge on any atom is 0.331 e. The van der Waals surface area contributed by atoms with Crippen LogP contribution in [-0.4, -0.2) is 33.1 Å². The Morgan fingerprint density at radius 1 is 0.750 bits per heavy atom. The number of benzene rings is 3. The van der Waals surface area contributed by atoms with Crippen LogP contribution in [0.4, 0.5) is 0 Å². The molecule has 3 rings (SSSR count). The molecular formula is C26H24O6. The molecule has 6 heteroatoms. The number of rotatable bonds is 9. The van der Waals surface area contributed by atoms with Crippen LogP contribution in [0.3, 0.4) is 0 Å². The summed E-state index contributed by atoms with van der Waals surface area (Å²) in [6.07, 6.45) is 1.72. The second-order valence-corrected chi connectivity index (χ2v) is 6.74. The Hall–Kier alpha value is -4.06. The zero-order valence-electron chi connectivity index (χ0n) is 18.1. The summed E-state index contributed by atoms with van der Waals surface area (Å²) in [5.74, 6) is 0.512. The topological polar surface area (TPSA) is 71.1 Å². The van der Waals surface area contributed by atoms with Crippen LogP contribution in [0, 0.1) is 0 Å². The Bertz CT molecular complexity index is 1090. The van der Waals surface area contributed by atoms with E-state index in [1.54, 1.807) is 60.7 Å². The molecule has 0 aliphatic rings. The van der Waals surface area contributed by atoms with Crippen LogP contribution in [0.1, 0.15) is 27.6 Å². The van der Waals surface area contributed by atoms with E-state index in [1.165, 1.54) is 33.5 Å². The third kappa shape index (κ3) is 5.35. The van der Waals surface area contributed by atoms with E-state index >= 15 is 0 Å². The number of hydrogen-bond donors (Lipinski definition) is 0. The van der Waals surface area contributed by atoms with Crippen molar-refractivity contribution < 1.29 is 28.5 Å². The first-order chi connectivity index (χ1) is 15.6. The molecule has 1 atom stereocenters. The van der Waals surface area contributed by atoms with Crippen molar-refractivity contribution in [1.29, 1.82) is 0 Å². The number of ketones is 1. The lowest BCUT2D eigenvalue weighted by atomic mass is 10.00. The zero-order valence-corrected chi connectivity index (χ0v) is 18.1. The first-order valence-electron chi connectivity index (χ1n) is 9.90. The average Bonchev–Trinajstić information content (AvgIpc) is 2.86. The van der Waals surface area contributed by atoms with E-state index in [1.807, 2.05) is 12.1 Å². The van der Waals surface area contributed by atoms with Crippen LogP contribution < -0.4 is 14.2 Å². The fourth-order valence-corrected chi connectivity index (χ4v) is 3.15. The van der Waals surface area contributed by atoms with Crippen molar-refractivity contribution in [3.05, 3.63) is 95.6 Å². The molecule has 0 aromatic heterocycles. The van der Waals surface area contributed by atoms with Crippen molar-refractivity contribution >= 4 is 17.8 Å². The predicted octanol–water partition coefficient (Wildman–Crippen LogP) is 4.89. The van der Waals surface area contributed by atoms with Gasteiger partial charge >= 0.3 is 5.97 Å². The molecule has 0 heterocycles. The lowest BCUT2D eigenvalue weighted by Crippen LogP contribution is -2.19. The minimum Gasteiger partial charge on any atom is -0.496 e. The molecule has 0 bridgehead atoms. The molecule has 0 N–H and O–H groups in total. The molecule has 0 aliphatic heterocycles. The van der Waals surface area contributed by atoms with E-state index < -0.39 is 12.1 Å². The molecular weight excluding hydrogens is 408 g/mol.